The van der Waals surface area contributed by atoms with Crippen molar-refractivity contribution in [1.29, 1.82) is 0 Å². The van der Waals surface area contributed by atoms with Crippen LogP contribution in [0.4, 0.5) is 8.78 Å². The Hall–Kier alpha value is -1.00. The third-order valence-corrected chi connectivity index (χ3v) is 2.89. The molecule has 0 spiro atoms. The maximum Gasteiger partial charge on any atom is 0.128 e. The summed E-state index contributed by atoms with van der Waals surface area (Å²) in [5.41, 5.74) is 0.289. The van der Waals surface area contributed by atoms with Crippen molar-refractivity contribution in [3.63, 3.8) is 0 Å². The standard InChI is InChI=1S/C14H21F2NO/c1-9(2)6-12(8-18)17-10(3)13-7-11(15)4-5-14(13)16/h4-5,7,9-10,12,17-18H,6,8H2,1-3H3. The van der Waals surface area contributed by atoms with E-state index in [-0.39, 0.29) is 24.3 Å². The van der Waals surface area contributed by atoms with E-state index in [2.05, 4.69) is 19.2 Å². The van der Waals surface area contributed by atoms with E-state index in [0.717, 1.165) is 18.6 Å². The van der Waals surface area contributed by atoms with Gasteiger partial charge in [-0.2, -0.15) is 0 Å². The number of hydrogen-bond acceptors (Lipinski definition) is 2. The molecule has 0 heterocycles. The van der Waals surface area contributed by atoms with Gasteiger partial charge in [-0.1, -0.05) is 13.8 Å². The summed E-state index contributed by atoms with van der Waals surface area (Å²) in [5, 5.41) is 12.4. The zero-order valence-electron chi connectivity index (χ0n) is 11.1. The number of aliphatic hydroxyl groups is 1. The van der Waals surface area contributed by atoms with E-state index < -0.39 is 11.6 Å². The molecule has 18 heavy (non-hydrogen) atoms. The molecule has 2 nitrogen and oxygen atoms in total. The highest BCUT2D eigenvalue weighted by Gasteiger charge is 2.17. The normalized spacial score (nSPS) is 14.8. The van der Waals surface area contributed by atoms with E-state index >= 15 is 0 Å². The van der Waals surface area contributed by atoms with Gasteiger partial charge in [0, 0.05) is 17.6 Å². The number of rotatable bonds is 6. The van der Waals surface area contributed by atoms with Gasteiger partial charge in [0.25, 0.3) is 0 Å². The summed E-state index contributed by atoms with van der Waals surface area (Å²) in [7, 11) is 0. The largest absolute Gasteiger partial charge is 0.395 e. The molecule has 0 aliphatic rings. The Morgan fingerprint density at radius 1 is 1.22 bits per heavy atom. The van der Waals surface area contributed by atoms with E-state index in [9.17, 15) is 13.9 Å². The number of nitrogens with one attached hydrogen (secondary N) is 1. The minimum absolute atomic E-state index is 0.0144. The maximum atomic E-state index is 13.6. The lowest BCUT2D eigenvalue weighted by Gasteiger charge is -2.23. The molecule has 0 saturated heterocycles. The van der Waals surface area contributed by atoms with Crippen LogP contribution in [0.2, 0.25) is 0 Å². The second-order valence-corrected chi connectivity index (χ2v) is 5.06. The van der Waals surface area contributed by atoms with Crippen molar-refractivity contribution in [3.8, 4) is 0 Å². The van der Waals surface area contributed by atoms with Crippen molar-refractivity contribution < 1.29 is 13.9 Å². The molecule has 0 fully saturated rings. The lowest BCUT2D eigenvalue weighted by atomic mass is 10.0. The second-order valence-electron chi connectivity index (χ2n) is 5.06. The smallest absolute Gasteiger partial charge is 0.128 e. The minimum Gasteiger partial charge on any atom is -0.395 e. The van der Waals surface area contributed by atoms with Gasteiger partial charge in [0.1, 0.15) is 11.6 Å². The fourth-order valence-corrected chi connectivity index (χ4v) is 2.05. The minimum atomic E-state index is -0.454. The summed E-state index contributed by atoms with van der Waals surface area (Å²) in [6, 6.07) is 2.97. The molecule has 0 aliphatic carbocycles. The molecule has 4 heteroatoms. The zero-order valence-corrected chi connectivity index (χ0v) is 11.1. The predicted octanol–water partition coefficient (Wildman–Crippen LogP) is 3.02. The van der Waals surface area contributed by atoms with Gasteiger partial charge in [0.2, 0.25) is 0 Å². The van der Waals surface area contributed by atoms with Crippen molar-refractivity contribution in [2.45, 2.75) is 39.3 Å². The molecular weight excluding hydrogens is 236 g/mol. The van der Waals surface area contributed by atoms with Crippen molar-refractivity contribution in [1.82, 2.24) is 5.32 Å². The quantitative estimate of drug-likeness (QED) is 0.821. The Balaban J connectivity index is 2.74. The summed E-state index contributed by atoms with van der Waals surface area (Å²) in [5.74, 6) is -0.457. The summed E-state index contributed by atoms with van der Waals surface area (Å²) in [6.45, 7) is 5.86. The van der Waals surface area contributed by atoms with Gasteiger partial charge in [-0.15, -0.1) is 0 Å². The Morgan fingerprint density at radius 2 is 1.89 bits per heavy atom. The van der Waals surface area contributed by atoms with Crippen LogP contribution in [0.15, 0.2) is 18.2 Å². The van der Waals surface area contributed by atoms with Crippen molar-refractivity contribution >= 4 is 0 Å². The van der Waals surface area contributed by atoms with Crippen LogP contribution in [0.1, 0.15) is 38.8 Å². The summed E-state index contributed by atoms with van der Waals surface area (Å²) >= 11 is 0. The van der Waals surface area contributed by atoms with Gasteiger partial charge in [0.05, 0.1) is 6.61 Å². The summed E-state index contributed by atoms with van der Waals surface area (Å²) < 4.78 is 26.7. The lowest BCUT2D eigenvalue weighted by molar-refractivity contribution is 0.214. The highest BCUT2D eigenvalue weighted by molar-refractivity contribution is 5.21. The van der Waals surface area contributed by atoms with Crippen LogP contribution in [-0.4, -0.2) is 17.8 Å². The Morgan fingerprint density at radius 3 is 2.44 bits per heavy atom. The van der Waals surface area contributed by atoms with Gasteiger partial charge < -0.3 is 10.4 Å². The average Bonchev–Trinajstić information content (AvgIpc) is 2.30. The molecule has 2 N–H and O–H groups in total. The molecule has 0 aromatic heterocycles. The molecule has 0 radical (unpaired) electrons. The highest BCUT2D eigenvalue weighted by Crippen LogP contribution is 2.19. The molecule has 1 rings (SSSR count). The number of hydrogen-bond donors (Lipinski definition) is 2. The van der Waals surface area contributed by atoms with E-state index in [1.807, 2.05) is 0 Å². The first kappa shape index (κ1) is 15.1. The van der Waals surface area contributed by atoms with E-state index in [4.69, 9.17) is 0 Å². The topological polar surface area (TPSA) is 32.3 Å². The van der Waals surface area contributed by atoms with E-state index in [1.54, 1.807) is 6.92 Å². The Labute approximate surface area is 107 Å². The average molecular weight is 257 g/mol. The second kappa shape index (κ2) is 6.81. The van der Waals surface area contributed by atoms with E-state index in [0.29, 0.717) is 5.92 Å². The van der Waals surface area contributed by atoms with Gasteiger partial charge in [0.15, 0.2) is 0 Å². The molecule has 0 saturated carbocycles. The van der Waals surface area contributed by atoms with Crippen molar-refractivity contribution in [2.24, 2.45) is 5.92 Å². The predicted molar refractivity (Wildman–Crippen MR) is 68.2 cm³/mol. The molecule has 1 aromatic rings. The Kier molecular flexibility index (Phi) is 5.69. The van der Waals surface area contributed by atoms with Crippen LogP contribution < -0.4 is 5.32 Å². The first-order chi connectivity index (χ1) is 8.43. The van der Waals surface area contributed by atoms with Crippen LogP contribution in [0.3, 0.4) is 0 Å². The fourth-order valence-electron chi connectivity index (χ4n) is 2.05. The first-order valence-electron chi connectivity index (χ1n) is 6.26. The monoisotopic (exact) mass is 257 g/mol. The zero-order chi connectivity index (χ0) is 13.7. The number of benzene rings is 1. The highest BCUT2D eigenvalue weighted by atomic mass is 19.1. The van der Waals surface area contributed by atoms with Gasteiger partial charge in [-0.05, 0) is 37.5 Å². The van der Waals surface area contributed by atoms with Crippen molar-refractivity contribution in [3.05, 3.63) is 35.4 Å². The number of aliphatic hydroxyl groups excluding tert-OH is 1. The molecule has 2 atom stereocenters. The molecule has 102 valence electrons. The van der Waals surface area contributed by atoms with Crippen molar-refractivity contribution in [2.75, 3.05) is 6.61 Å². The molecule has 0 amide bonds. The van der Waals surface area contributed by atoms with E-state index in [1.165, 1.54) is 6.07 Å². The van der Waals surface area contributed by atoms with Crippen LogP contribution in [0.5, 0.6) is 0 Å². The van der Waals surface area contributed by atoms with Crippen LogP contribution in [0.25, 0.3) is 0 Å². The third-order valence-electron chi connectivity index (χ3n) is 2.89. The summed E-state index contributed by atoms with van der Waals surface area (Å²) in [6.07, 6.45) is 0.789. The molecule has 1 aromatic carbocycles. The third kappa shape index (κ3) is 4.35. The molecule has 0 aliphatic heterocycles. The molecule has 2 unspecified atom stereocenters. The summed E-state index contributed by atoms with van der Waals surface area (Å²) in [4.78, 5) is 0. The first-order valence-corrected chi connectivity index (χ1v) is 6.26. The molecular formula is C14H21F2NO. The van der Waals surface area contributed by atoms with Crippen LogP contribution in [-0.2, 0) is 0 Å². The maximum absolute atomic E-state index is 13.6. The van der Waals surface area contributed by atoms with Crippen LogP contribution >= 0.6 is 0 Å². The van der Waals surface area contributed by atoms with Crippen LogP contribution in [0, 0.1) is 17.6 Å². The fraction of sp³-hybridized carbons (Fsp3) is 0.571. The Bertz CT molecular complexity index is 382. The van der Waals surface area contributed by atoms with Gasteiger partial charge in [-0.3, -0.25) is 0 Å². The SMILES string of the molecule is CC(C)CC(CO)NC(C)c1cc(F)ccc1F. The number of halogens is 2. The van der Waals surface area contributed by atoms with Gasteiger partial charge in [-0.25, -0.2) is 8.78 Å². The lowest BCUT2D eigenvalue weighted by Crippen LogP contribution is -2.36. The van der Waals surface area contributed by atoms with Gasteiger partial charge >= 0.3 is 0 Å². The molecule has 0 bridgehead atoms.